The van der Waals surface area contributed by atoms with Crippen molar-refractivity contribution in [1.82, 2.24) is 9.78 Å². The van der Waals surface area contributed by atoms with Crippen molar-refractivity contribution >= 4 is 23.2 Å². The number of hydrogen-bond acceptors (Lipinski definition) is 5. The highest BCUT2D eigenvalue weighted by molar-refractivity contribution is 6.13. The maximum atomic E-state index is 13.5. The molecule has 2 heterocycles. The number of halogens is 3. The molecule has 1 aliphatic heterocycles. The third-order valence-electron chi connectivity index (χ3n) is 6.01. The Labute approximate surface area is 198 Å². The lowest BCUT2D eigenvalue weighted by atomic mass is 10.0. The largest absolute Gasteiger partial charge is 0.495 e. The van der Waals surface area contributed by atoms with Crippen LogP contribution >= 0.6 is 0 Å². The monoisotopic (exact) mass is 483 g/mol. The Morgan fingerprint density at radius 1 is 1.14 bits per heavy atom. The summed E-state index contributed by atoms with van der Waals surface area (Å²) >= 11 is 0. The Kier molecular flexibility index (Phi) is 5.98. The number of carbonyl (C=O) groups is 2. The zero-order valence-electron chi connectivity index (χ0n) is 18.9. The molecule has 2 aromatic carbocycles. The fraction of sp³-hybridized carbons (Fsp3) is 0.250. The third-order valence-corrected chi connectivity index (χ3v) is 6.01. The summed E-state index contributed by atoms with van der Waals surface area (Å²) in [5.41, 5.74) is 0.0557. The first-order valence-corrected chi connectivity index (χ1v) is 10.5. The van der Waals surface area contributed by atoms with Crippen LogP contribution in [0.25, 0.3) is 0 Å². The predicted octanol–water partition coefficient (Wildman–Crippen LogP) is 4.64. The van der Waals surface area contributed by atoms with Gasteiger partial charge in [0.2, 0.25) is 0 Å². The van der Waals surface area contributed by atoms with Crippen LogP contribution in [-0.2, 0) is 6.18 Å². The Balaban J connectivity index is 1.66. The van der Waals surface area contributed by atoms with Gasteiger partial charge in [0, 0.05) is 11.3 Å². The number of anilines is 2. The molecule has 0 saturated heterocycles. The quantitative estimate of drug-likeness (QED) is 0.583. The van der Waals surface area contributed by atoms with Crippen molar-refractivity contribution in [1.29, 1.82) is 5.26 Å². The Morgan fingerprint density at radius 3 is 2.43 bits per heavy atom. The molecular weight excluding hydrogens is 463 g/mol. The lowest BCUT2D eigenvalue weighted by molar-refractivity contribution is -0.137. The number of nitrogens with zero attached hydrogens (tertiary/aromatic N) is 4. The van der Waals surface area contributed by atoms with Crippen molar-refractivity contribution < 1.29 is 27.5 Å². The predicted molar refractivity (Wildman–Crippen MR) is 120 cm³/mol. The summed E-state index contributed by atoms with van der Waals surface area (Å²) in [6.45, 7) is 3.59. The third kappa shape index (κ3) is 4.19. The summed E-state index contributed by atoms with van der Waals surface area (Å²) in [6.07, 6.45) is -3.15. The summed E-state index contributed by atoms with van der Waals surface area (Å²) in [6, 6.07) is 9.87. The summed E-state index contributed by atoms with van der Waals surface area (Å²) < 4.78 is 45.5. The molecule has 0 unspecified atom stereocenters. The number of carbonyl (C=O) groups excluding carboxylic acids is 2. The Bertz CT molecular complexity index is 1340. The van der Waals surface area contributed by atoms with Crippen LogP contribution in [0.15, 0.2) is 48.7 Å². The molecule has 4 rings (SSSR count). The SMILES string of the molecule is COc1ccc(C(=O)Nc2cnn3c2C(=O)N(c2ccc(C(F)(F)F)cc2)[C@@H](C)[C@H]3C)cc1C#N. The number of benzene rings is 2. The maximum absolute atomic E-state index is 13.5. The van der Waals surface area contributed by atoms with Gasteiger partial charge in [-0.25, -0.2) is 0 Å². The van der Waals surface area contributed by atoms with Crippen molar-refractivity contribution in [3.8, 4) is 11.8 Å². The van der Waals surface area contributed by atoms with E-state index in [0.717, 1.165) is 12.1 Å². The van der Waals surface area contributed by atoms with Gasteiger partial charge in [-0.1, -0.05) is 0 Å². The highest BCUT2D eigenvalue weighted by atomic mass is 19.4. The topological polar surface area (TPSA) is 100 Å². The molecular formula is C24H20F3N5O3. The molecule has 35 heavy (non-hydrogen) atoms. The van der Waals surface area contributed by atoms with Crippen LogP contribution in [0.1, 0.15) is 51.9 Å². The summed E-state index contributed by atoms with van der Waals surface area (Å²) in [4.78, 5) is 27.7. The van der Waals surface area contributed by atoms with Crippen molar-refractivity contribution in [3.05, 3.63) is 71.0 Å². The molecule has 0 saturated carbocycles. The second kappa shape index (κ2) is 8.79. The average molecular weight is 483 g/mol. The lowest BCUT2D eigenvalue weighted by Gasteiger charge is -2.38. The molecule has 2 amide bonds. The van der Waals surface area contributed by atoms with E-state index in [1.165, 1.54) is 53.2 Å². The zero-order valence-corrected chi connectivity index (χ0v) is 18.9. The minimum Gasteiger partial charge on any atom is -0.495 e. The second-order valence-electron chi connectivity index (χ2n) is 8.03. The molecule has 2 atom stereocenters. The van der Waals surface area contributed by atoms with Crippen molar-refractivity contribution in [2.24, 2.45) is 0 Å². The summed E-state index contributed by atoms with van der Waals surface area (Å²) in [5, 5.41) is 16.2. The van der Waals surface area contributed by atoms with Gasteiger partial charge in [-0.15, -0.1) is 0 Å². The summed E-state index contributed by atoms with van der Waals surface area (Å²) in [5.74, 6) is -0.771. The number of methoxy groups -OCH3 is 1. The lowest BCUT2D eigenvalue weighted by Crippen LogP contribution is -2.49. The van der Waals surface area contributed by atoms with Gasteiger partial charge in [0.05, 0.1) is 42.2 Å². The van der Waals surface area contributed by atoms with Gasteiger partial charge < -0.3 is 15.0 Å². The smallest absolute Gasteiger partial charge is 0.416 e. The minimum atomic E-state index is -4.49. The molecule has 0 bridgehead atoms. The van der Waals surface area contributed by atoms with E-state index in [1.54, 1.807) is 6.92 Å². The van der Waals surface area contributed by atoms with Crippen LogP contribution in [0.4, 0.5) is 24.5 Å². The molecule has 1 aliphatic rings. The highest BCUT2D eigenvalue weighted by Gasteiger charge is 2.39. The molecule has 1 aromatic heterocycles. The number of ether oxygens (including phenoxy) is 1. The van der Waals surface area contributed by atoms with Gasteiger partial charge in [0.1, 0.15) is 11.8 Å². The molecule has 0 aliphatic carbocycles. The van der Waals surface area contributed by atoms with E-state index < -0.39 is 29.6 Å². The van der Waals surface area contributed by atoms with Crippen LogP contribution < -0.4 is 15.0 Å². The fourth-order valence-electron chi connectivity index (χ4n) is 3.99. The number of alkyl halides is 3. The minimum absolute atomic E-state index is 0.0952. The van der Waals surface area contributed by atoms with Crippen LogP contribution in [0, 0.1) is 11.3 Å². The van der Waals surface area contributed by atoms with Crippen LogP contribution in [-0.4, -0.2) is 34.7 Å². The van der Waals surface area contributed by atoms with Crippen molar-refractivity contribution in [3.63, 3.8) is 0 Å². The molecule has 0 radical (unpaired) electrons. The number of nitrogens with one attached hydrogen (secondary N) is 1. The van der Waals surface area contributed by atoms with Gasteiger partial charge >= 0.3 is 6.18 Å². The first-order valence-electron chi connectivity index (χ1n) is 10.5. The first kappa shape index (κ1) is 23.8. The number of rotatable bonds is 4. The van der Waals surface area contributed by atoms with Crippen LogP contribution in [0.5, 0.6) is 5.75 Å². The van der Waals surface area contributed by atoms with E-state index in [9.17, 15) is 28.0 Å². The molecule has 3 aromatic rings. The average Bonchev–Trinajstić information content (AvgIpc) is 3.26. The van der Waals surface area contributed by atoms with E-state index in [2.05, 4.69) is 10.4 Å². The number of amides is 2. The highest BCUT2D eigenvalue weighted by Crippen LogP contribution is 2.36. The standard InChI is InChI=1S/C24H20F3N5O3/c1-13-14(2)32-21(23(34)31(13)18-7-5-17(6-8-18)24(25,26)27)19(12-29-32)30-22(33)15-4-9-20(35-3)16(10-15)11-28/h4-10,12-14H,1-3H3,(H,30,33)/t13-,14+/m0/s1. The van der Waals surface area contributed by atoms with Gasteiger partial charge in [0.25, 0.3) is 11.8 Å². The normalized spacial score (nSPS) is 17.5. The molecule has 1 N–H and O–H groups in total. The summed E-state index contributed by atoms with van der Waals surface area (Å²) in [7, 11) is 1.41. The number of aromatic nitrogens is 2. The van der Waals surface area contributed by atoms with E-state index >= 15 is 0 Å². The van der Waals surface area contributed by atoms with E-state index in [4.69, 9.17) is 4.74 Å². The number of fused-ring (bicyclic) bond motifs is 1. The first-order chi connectivity index (χ1) is 16.6. The van der Waals surface area contributed by atoms with Crippen LogP contribution in [0.3, 0.4) is 0 Å². The van der Waals surface area contributed by atoms with E-state index in [0.29, 0.717) is 11.4 Å². The van der Waals surface area contributed by atoms with E-state index in [1.807, 2.05) is 13.0 Å². The second-order valence-corrected chi connectivity index (χ2v) is 8.03. The van der Waals surface area contributed by atoms with Crippen LogP contribution in [0.2, 0.25) is 0 Å². The molecule has 0 fully saturated rings. The zero-order chi connectivity index (χ0) is 25.5. The molecule has 0 spiro atoms. The van der Waals surface area contributed by atoms with Crippen molar-refractivity contribution in [2.45, 2.75) is 32.1 Å². The number of nitriles is 1. The number of hydrogen-bond donors (Lipinski definition) is 1. The van der Waals surface area contributed by atoms with E-state index in [-0.39, 0.29) is 28.6 Å². The van der Waals surface area contributed by atoms with Crippen molar-refractivity contribution in [2.75, 3.05) is 17.3 Å². The fourth-order valence-corrected chi connectivity index (χ4v) is 3.99. The van der Waals surface area contributed by atoms with Gasteiger partial charge in [-0.05, 0) is 56.3 Å². The molecule has 180 valence electrons. The van der Waals surface area contributed by atoms with Gasteiger partial charge in [-0.2, -0.15) is 23.5 Å². The Morgan fingerprint density at radius 2 is 1.83 bits per heavy atom. The van der Waals surface area contributed by atoms with Gasteiger partial charge in [0.15, 0.2) is 5.69 Å². The maximum Gasteiger partial charge on any atom is 0.416 e. The molecule has 8 nitrogen and oxygen atoms in total. The molecule has 11 heteroatoms. The van der Waals surface area contributed by atoms with Gasteiger partial charge in [-0.3, -0.25) is 14.3 Å². The Hall–Kier alpha value is -4.33.